The van der Waals surface area contributed by atoms with Crippen LogP contribution in [0.2, 0.25) is 0 Å². The maximum absolute atomic E-state index is 11.7. The second kappa shape index (κ2) is 9.62. The molecule has 0 unspecified atom stereocenters. The normalized spacial score (nSPS) is 15.3. The van der Waals surface area contributed by atoms with Gasteiger partial charge in [-0.2, -0.15) is 17.5 Å². The van der Waals surface area contributed by atoms with E-state index in [0.717, 1.165) is 30.4 Å². The van der Waals surface area contributed by atoms with E-state index in [2.05, 4.69) is 14.5 Å². The molecule has 0 saturated carbocycles. The van der Waals surface area contributed by atoms with Crippen LogP contribution in [-0.2, 0) is 40.9 Å². The van der Waals surface area contributed by atoms with E-state index in [9.17, 15) is 21.6 Å². The number of halogens is 3. The van der Waals surface area contributed by atoms with Gasteiger partial charge in [-0.25, -0.2) is 18.2 Å². The summed E-state index contributed by atoms with van der Waals surface area (Å²) in [5, 5.41) is 7.12. The van der Waals surface area contributed by atoms with Gasteiger partial charge in [-0.1, -0.05) is 0 Å². The zero-order valence-electron chi connectivity index (χ0n) is 16.5. The fourth-order valence-corrected chi connectivity index (χ4v) is 3.77. The quantitative estimate of drug-likeness (QED) is 0.733. The summed E-state index contributed by atoms with van der Waals surface area (Å²) in [7, 11) is -1.12. The molecule has 1 N–H and O–H groups in total. The lowest BCUT2D eigenvalue weighted by molar-refractivity contribution is -0.192. The highest BCUT2D eigenvalue weighted by atomic mass is 32.2. The fraction of sp³-hybridized carbons (Fsp3) is 0.529. The van der Waals surface area contributed by atoms with Gasteiger partial charge >= 0.3 is 12.1 Å². The number of aromatic nitrogens is 2. The lowest BCUT2D eigenvalue weighted by Crippen LogP contribution is -2.32. The van der Waals surface area contributed by atoms with Gasteiger partial charge in [0, 0.05) is 38.8 Å². The molecule has 0 radical (unpaired) electrons. The Morgan fingerprint density at radius 3 is 2.50 bits per heavy atom. The van der Waals surface area contributed by atoms with Gasteiger partial charge in [0.05, 0.1) is 24.8 Å². The molecule has 0 atom stereocenters. The summed E-state index contributed by atoms with van der Waals surface area (Å²) in [5.74, 6) is -0.878. The number of carbonyl (C=O) groups is 1. The van der Waals surface area contributed by atoms with E-state index in [0.29, 0.717) is 26.1 Å². The molecule has 9 nitrogen and oxygen atoms in total. The number of carboxylic acid groups (broad SMARTS) is 1. The van der Waals surface area contributed by atoms with Gasteiger partial charge < -0.3 is 14.1 Å². The third-order valence-electron chi connectivity index (χ3n) is 4.33. The SMILES string of the molecule is CN(Cc1ccco1)Cc1cnc2n1CCN(S(C)(=O)=O)CC2.O=C(O)C(F)(F)F. The molecule has 168 valence electrons. The molecule has 13 heteroatoms. The van der Waals surface area contributed by atoms with Crippen molar-refractivity contribution >= 4 is 16.0 Å². The van der Waals surface area contributed by atoms with Crippen LogP contribution in [0.25, 0.3) is 0 Å². The Balaban J connectivity index is 0.000000396. The first-order valence-electron chi connectivity index (χ1n) is 8.87. The van der Waals surface area contributed by atoms with E-state index < -0.39 is 22.2 Å². The van der Waals surface area contributed by atoms with Crippen LogP contribution in [0.1, 0.15) is 17.3 Å². The van der Waals surface area contributed by atoms with Crippen molar-refractivity contribution in [3.8, 4) is 0 Å². The molecule has 3 rings (SSSR count). The van der Waals surface area contributed by atoms with Gasteiger partial charge in [-0.15, -0.1) is 0 Å². The van der Waals surface area contributed by atoms with Crippen molar-refractivity contribution in [1.82, 2.24) is 18.8 Å². The van der Waals surface area contributed by atoms with Crippen molar-refractivity contribution in [3.63, 3.8) is 0 Å². The number of hydrogen-bond donors (Lipinski definition) is 1. The predicted molar refractivity (Wildman–Crippen MR) is 99.9 cm³/mol. The zero-order chi connectivity index (χ0) is 22.5. The number of imidazole rings is 1. The Morgan fingerprint density at radius 1 is 1.30 bits per heavy atom. The predicted octanol–water partition coefficient (Wildman–Crippen LogP) is 1.56. The number of aliphatic carboxylic acids is 1. The second-order valence-electron chi connectivity index (χ2n) is 6.78. The molecule has 0 saturated heterocycles. The molecule has 1 aliphatic rings. The molecular formula is C17H23F3N4O5S. The van der Waals surface area contributed by atoms with Crippen molar-refractivity contribution in [1.29, 1.82) is 0 Å². The first-order valence-corrected chi connectivity index (χ1v) is 10.7. The number of sulfonamides is 1. The highest BCUT2D eigenvalue weighted by Crippen LogP contribution is 2.16. The Bertz CT molecular complexity index is 941. The van der Waals surface area contributed by atoms with Gasteiger partial charge in [0.1, 0.15) is 11.6 Å². The lowest BCUT2D eigenvalue weighted by atomic mass is 10.3. The lowest BCUT2D eigenvalue weighted by Gasteiger charge is -2.18. The molecule has 2 aromatic rings. The number of fused-ring (bicyclic) bond motifs is 1. The number of furan rings is 1. The second-order valence-corrected chi connectivity index (χ2v) is 8.77. The Kier molecular flexibility index (Phi) is 7.66. The van der Waals surface area contributed by atoms with Crippen molar-refractivity contribution in [2.45, 2.75) is 32.2 Å². The average Bonchev–Trinajstić information content (AvgIpc) is 3.18. The standard InChI is InChI=1S/C15H22N4O3S.C2HF3O2/c1-17(12-14-4-3-9-22-14)11-13-10-16-15-5-6-18(23(2,20)21)7-8-19(13)15;3-2(4,5)1(6)7/h3-4,9-10H,5-8,11-12H2,1-2H3;(H,6,7). The van der Waals surface area contributed by atoms with E-state index in [1.807, 2.05) is 25.4 Å². The van der Waals surface area contributed by atoms with Crippen LogP contribution in [0.15, 0.2) is 29.0 Å². The first-order chi connectivity index (χ1) is 13.9. The maximum Gasteiger partial charge on any atom is 0.490 e. The fourth-order valence-electron chi connectivity index (χ4n) is 2.93. The van der Waals surface area contributed by atoms with E-state index >= 15 is 0 Å². The van der Waals surface area contributed by atoms with Crippen LogP contribution in [0.4, 0.5) is 13.2 Å². The monoisotopic (exact) mass is 452 g/mol. The summed E-state index contributed by atoms with van der Waals surface area (Å²) in [5.41, 5.74) is 1.10. The molecule has 0 aliphatic carbocycles. The number of nitrogens with zero attached hydrogens (tertiary/aromatic N) is 4. The number of rotatable bonds is 5. The molecule has 1 aliphatic heterocycles. The molecule has 0 bridgehead atoms. The third kappa shape index (κ3) is 6.85. The average molecular weight is 452 g/mol. The number of alkyl halides is 3. The van der Waals surface area contributed by atoms with Crippen LogP contribution >= 0.6 is 0 Å². The van der Waals surface area contributed by atoms with Crippen molar-refractivity contribution in [3.05, 3.63) is 41.9 Å². The third-order valence-corrected chi connectivity index (χ3v) is 5.63. The molecule has 30 heavy (non-hydrogen) atoms. The van der Waals surface area contributed by atoms with Gasteiger partial charge in [0.15, 0.2) is 0 Å². The summed E-state index contributed by atoms with van der Waals surface area (Å²) >= 11 is 0. The highest BCUT2D eigenvalue weighted by Gasteiger charge is 2.38. The molecule has 0 aromatic carbocycles. The van der Waals surface area contributed by atoms with E-state index in [-0.39, 0.29) is 0 Å². The molecule has 2 aromatic heterocycles. The Hall–Kier alpha value is -2.38. The van der Waals surface area contributed by atoms with Gasteiger partial charge in [0.2, 0.25) is 10.0 Å². The molecule has 0 fully saturated rings. The first kappa shape index (κ1) is 23.9. The Labute approximate surface area is 171 Å². The van der Waals surface area contributed by atoms with Crippen LogP contribution in [0.5, 0.6) is 0 Å². The van der Waals surface area contributed by atoms with E-state index in [1.165, 1.54) is 10.6 Å². The van der Waals surface area contributed by atoms with Crippen LogP contribution in [0.3, 0.4) is 0 Å². The highest BCUT2D eigenvalue weighted by molar-refractivity contribution is 7.88. The van der Waals surface area contributed by atoms with E-state index in [1.54, 1.807) is 6.26 Å². The minimum atomic E-state index is -5.08. The van der Waals surface area contributed by atoms with Crippen molar-refractivity contribution in [2.24, 2.45) is 0 Å². The molecule has 3 heterocycles. The van der Waals surface area contributed by atoms with Crippen LogP contribution in [-0.4, -0.2) is 70.8 Å². The van der Waals surface area contributed by atoms with Crippen LogP contribution in [0, 0.1) is 0 Å². The summed E-state index contributed by atoms with van der Waals surface area (Å²) in [6.07, 6.45) is 0.395. The molecule has 0 spiro atoms. The summed E-state index contributed by atoms with van der Waals surface area (Å²) in [6.45, 7) is 3.11. The maximum atomic E-state index is 11.7. The van der Waals surface area contributed by atoms with Crippen molar-refractivity contribution in [2.75, 3.05) is 26.4 Å². The molecular weight excluding hydrogens is 429 g/mol. The summed E-state index contributed by atoms with van der Waals surface area (Å²) in [4.78, 5) is 15.5. The minimum Gasteiger partial charge on any atom is -0.475 e. The van der Waals surface area contributed by atoms with E-state index in [4.69, 9.17) is 14.3 Å². The summed E-state index contributed by atoms with van der Waals surface area (Å²) in [6, 6.07) is 3.84. The van der Waals surface area contributed by atoms with Gasteiger partial charge in [-0.05, 0) is 19.2 Å². The van der Waals surface area contributed by atoms with Gasteiger partial charge in [0.25, 0.3) is 0 Å². The largest absolute Gasteiger partial charge is 0.490 e. The topological polar surface area (TPSA) is 109 Å². The Morgan fingerprint density at radius 2 is 1.97 bits per heavy atom. The summed E-state index contributed by atoms with van der Waals surface area (Å²) < 4.78 is 64.2. The number of carboxylic acids is 1. The van der Waals surface area contributed by atoms with Gasteiger partial charge in [-0.3, -0.25) is 4.90 Å². The zero-order valence-corrected chi connectivity index (χ0v) is 17.3. The molecule has 0 amide bonds. The smallest absolute Gasteiger partial charge is 0.475 e. The van der Waals surface area contributed by atoms with Crippen LogP contribution < -0.4 is 0 Å². The number of hydrogen-bond acceptors (Lipinski definition) is 6. The minimum absolute atomic E-state index is 0.497. The van der Waals surface area contributed by atoms with Crippen molar-refractivity contribution < 1.29 is 35.9 Å².